The minimum absolute atomic E-state index is 0.0773. The molecule has 0 heterocycles. The van der Waals surface area contributed by atoms with Crippen molar-refractivity contribution >= 4 is 5.91 Å². The van der Waals surface area contributed by atoms with Crippen molar-refractivity contribution in [2.45, 2.75) is 32.4 Å². The highest BCUT2D eigenvalue weighted by Crippen LogP contribution is 2.29. The lowest BCUT2D eigenvalue weighted by Gasteiger charge is -2.14. The second-order valence-electron chi connectivity index (χ2n) is 4.95. The zero-order valence-electron chi connectivity index (χ0n) is 11.5. The van der Waals surface area contributed by atoms with E-state index in [1.165, 1.54) is 12.8 Å². The molecule has 1 N–H and O–H groups in total. The molecule has 4 nitrogen and oxygen atoms in total. The van der Waals surface area contributed by atoms with Crippen LogP contribution in [0.4, 0.5) is 0 Å². The van der Waals surface area contributed by atoms with Crippen molar-refractivity contribution in [1.29, 1.82) is 0 Å². The third-order valence-corrected chi connectivity index (χ3v) is 3.29. The molecule has 0 aliphatic heterocycles. The summed E-state index contributed by atoms with van der Waals surface area (Å²) in [6.07, 6.45) is 2.07. The van der Waals surface area contributed by atoms with Crippen molar-refractivity contribution in [3.8, 4) is 5.75 Å². The van der Waals surface area contributed by atoms with Crippen LogP contribution in [0.5, 0.6) is 5.75 Å². The Morgan fingerprint density at radius 2 is 2.16 bits per heavy atom. The van der Waals surface area contributed by atoms with Crippen LogP contribution >= 0.6 is 0 Å². The summed E-state index contributed by atoms with van der Waals surface area (Å²) in [4.78, 5) is 11.9. The first-order chi connectivity index (χ1) is 9.20. The monoisotopic (exact) mass is 263 g/mol. The highest BCUT2D eigenvalue weighted by Gasteiger charge is 2.23. The van der Waals surface area contributed by atoms with E-state index in [2.05, 4.69) is 5.32 Å². The fraction of sp³-hybridized carbons (Fsp3) is 0.533. The van der Waals surface area contributed by atoms with Gasteiger partial charge in [-0.3, -0.25) is 4.79 Å². The summed E-state index contributed by atoms with van der Waals surface area (Å²) >= 11 is 0. The molecule has 1 saturated carbocycles. The van der Waals surface area contributed by atoms with Gasteiger partial charge >= 0.3 is 0 Å². The Morgan fingerprint density at radius 1 is 1.42 bits per heavy atom. The molecule has 104 valence electrons. The van der Waals surface area contributed by atoms with E-state index in [1.54, 1.807) is 14.0 Å². The lowest BCUT2D eigenvalue weighted by atomic mass is 10.2. The number of benzene rings is 1. The van der Waals surface area contributed by atoms with E-state index < -0.39 is 6.10 Å². The van der Waals surface area contributed by atoms with Crippen molar-refractivity contribution in [2.24, 2.45) is 5.92 Å². The lowest BCUT2D eigenvalue weighted by Crippen LogP contribution is -2.34. The Bertz CT molecular complexity index is 429. The van der Waals surface area contributed by atoms with Gasteiger partial charge in [0, 0.05) is 12.1 Å². The van der Waals surface area contributed by atoms with Crippen LogP contribution < -0.4 is 10.1 Å². The number of methoxy groups -OCH3 is 1. The van der Waals surface area contributed by atoms with Gasteiger partial charge in [0.25, 0.3) is 0 Å². The predicted molar refractivity (Wildman–Crippen MR) is 73.0 cm³/mol. The molecule has 19 heavy (non-hydrogen) atoms. The molecule has 1 unspecified atom stereocenters. The SMILES string of the molecule is COc1ccccc1CNC(=O)C(C)OCC1CC1. The zero-order chi connectivity index (χ0) is 13.7. The van der Waals surface area contributed by atoms with Gasteiger partial charge in [0.15, 0.2) is 0 Å². The van der Waals surface area contributed by atoms with Crippen molar-refractivity contribution in [2.75, 3.05) is 13.7 Å². The highest BCUT2D eigenvalue weighted by atomic mass is 16.5. The van der Waals surface area contributed by atoms with E-state index >= 15 is 0 Å². The van der Waals surface area contributed by atoms with Gasteiger partial charge in [-0.1, -0.05) is 18.2 Å². The molecule has 0 radical (unpaired) electrons. The van der Waals surface area contributed by atoms with Gasteiger partial charge in [0.1, 0.15) is 11.9 Å². The normalized spacial score (nSPS) is 15.9. The first kappa shape index (κ1) is 13.9. The quantitative estimate of drug-likeness (QED) is 0.819. The Labute approximate surface area is 114 Å². The predicted octanol–water partition coefficient (Wildman–Crippen LogP) is 2.13. The highest BCUT2D eigenvalue weighted by molar-refractivity contribution is 5.80. The molecule has 0 bridgehead atoms. The van der Waals surface area contributed by atoms with Gasteiger partial charge < -0.3 is 14.8 Å². The smallest absolute Gasteiger partial charge is 0.249 e. The summed E-state index contributed by atoms with van der Waals surface area (Å²) in [6, 6.07) is 7.66. The minimum atomic E-state index is -0.393. The van der Waals surface area contributed by atoms with E-state index in [-0.39, 0.29) is 5.91 Å². The van der Waals surface area contributed by atoms with E-state index in [0.717, 1.165) is 11.3 Å². The number of hydrogen-bond acceptors (Lipinski definition) is 3. The van der Waals surface area contributed by atoms with Crippen molar-refractivity contribution in [3.63, 3.8) is 0 Å². The average molecular weight is 263 g/mol. The fourth-order valence-electron chi connectivity index (χ4n) is 1.82. The van der Waals surface area contributed by atoms with Gasteiger partial charge in [-0.2, -0.15) is 0 Å². The first-order valence-electron chi connectivity index (χ1n) is 6.72. The molecular formula is C15H21NO3. The molecule has 4 heteroatoms. The number of rotatable bonds is 7. The number of carbonyl (C=O) groups excluding carboxylic acids is 1. The maximum Gasteiger partial charge on any atom is 0.249 e. The molecule has 1 fully saturated rings. The van der Waals surface area contributed by atoms with Crippen LogP contribution in [0, 0.1) is 5.92 Å². The molecule has 1 aliphatic rings. The Balaban J connectivity index is 1.78. The number of carbonyl (C=O) groups is 1. The third kappa shape index (κ3) is 4.24. The molecule has 2 rings (SSSR count). The molecule has 1 aliphatic carbocycles. The Kier molecular flexibility index (Phi) is 4.80. The largest absolute Gasteiger partial charge is 0.496 e. The van der Waals surface area contributed by atoms with E-state index in [1.807, 2.05) is 24.3 Å². The van der Waals surface area contributed by atoms with E-state index in [9.17, 15) is 4.79 Å². The standard InChI is InChI=1S/C15H21NO3/c1-11(19-10-12-7-8-12)15(17)16-9-13-5-3-4-6-14(13)18-2/h3-6,11-12H,7-10H2,1-2H3,(H,16,17). The molecule has 1 aromatic rings. The molecule has 1 atom stereocenters. The van der Waals surface area contributed by atoms with Gasteiger partial charge in [-0.25, -0.2) is 0 Å². The number of ether oxygens (including phenoxy) is 2. The van der Waals surface area contributed by atoms with Crippen molar-refractivity contribution in [1.82, 2.24) is 5.32 Å². The molecule has 1 aromatic carbocycles. The summed E-state index contributed by atoms with van der Waals surface area (Å²) in [6.45, 7) is 2.95. The number of nitrogens with one attached hydrogen (secondary N) is 1. The summed E-state index contributed by atoms with van der Waals surface area (Å²) < 4.78 is 10.8. The van der Waals surface area contributed by atoms with Gasteiger partial charge in [-0.15, -0.1) is 0 Å². The summed E-state index contributed by atoms with van der Waals surface area (Å²) in [5, 5.41) is 2.87. The Hall–Kier alpha value is -1.55. The van der Waals surface area contributed by atoms with Crippen molar-refractivity contribution in [3.05, 3.63) is 29.8 Å². The van der Waals surface area contributed by atoms with Crippen LogP contribution in [0.25, 0.3) is 0 Å². The number of para-hydroxylation sites is 1. The van der Waals surface area contributed by atoms with Crippen LogP contribution in [-0.4, -0.2) is 25.7 Å². The summed E-state index contributed by atoms with van der Waals surface area (Å²) in [5.74, 6) is 1.38. The molecule has 1 amide bonds. The second-order valence-corrected chi connectivity index (χ2v) is 4.95. The molecule has 0 aromatic heterocycles. The fourth-order valence-corrected chi connectivity index (χ4v) is 1.82. The molecule has 0 spiro atoms. The minimum Gasteiger partial charge on any atom is -0.496 e. The maximum absolute atomic E-state index is 11.9. The Morgan fingerprint density at radius 3 is 2.84 bits per heavy atom. The van der Waals surface area contributed by atoms with Crippen LogP contribution in [-0.2, 0) is 16.1 Å². The first-order valence-corrected chi connectivity index (χ1v) is 6.72. The summed E-state index contributed by atoms with van der Waals surface area (Å²) in [5.41, 5.74) is 0.966. The molecule has 0 saturated heterocycles. The van der Waals surface area contributed by atoms with Gasteiger partial charge in [0.2, 0.25) is 5.91 Å². The van der Waals surface area contributed by atoms with E-state index in [4.69, 9.17) is 9.47 Å². The van der Waals surface area contributed by atoms with E-state index in [0.29, 0.717) is 19.1 Å². The van der Waals surface area contributed by atoms with Crippen LogP contribution in [0.15, 0.2) is 24.3 Å². The molecular weight excluding hydrogens is 242 g/mol. The van der Waals surface area contributed by atoms with Gasteiger partial charge in [-0.05, 0) is 31.7 Å². The average Bonchev–Trinajstić information content (AvgIpc) is 3.26. The maximum atomic E-state index is 11.9. The number of amides is 1. The summed E-state index contributed by atoms with van der Waals surface area (Å²) in [7, 11) is 1.63. The van der Waals surface area contributed by atoms with Crippen molar-refractivity contribution < 1.29 is 14.3 Å². The second kappa shape index (κ2) is 6.57. The van der Waals surface area contributed by atoms with Crippen LogP contribution in [0.3, 0.4) is 0 Å². The van der Waals surface area contributed by atoms with Crippen LogP contribution in [0.1, 0.15) is 25.3 Å². The third-order valence-electron chi connectivity index (χ3n) is 3.29. The zero-order valence-corrected chi connectivity index (χ0v) is 11.5. The topological polar surface area (TPSA) is 47.6 Å². The lowest BCUT2D eigenvalue weighted by molar-refractivity contribution is -0.132. The van der Waals surface area contributed by atoms with Crippen LogP contribution in [0.2, 0.25) is 0 Å². The number of hydrogen-bond donors (Lipinski definition) is 1. The van der Waals surface area contributed by atoms with Gasteiger partial charge in [0.05, 0.1) is 13.7 Å².